The molecule has 0 amide bonds. The molecule has 2 heterocycles. The molecule has 2 aromatic heterocycles. The van der Waals surface area contributed by atoms with Gasteiger partial charge in [0.25, 0.3) is 0 Å². The Morgan fingerprint density at radius 1 is 1.50 bits per heavy atom. The minimum atomic E-state index is -0.374. The fourth-order valence-corrected chi connectivity index (χ4v) is 1.60. The predicted molar refractivity (Wildman–Crippen MR) is 59.8 cm³/mol. The molecule has 16 heavy (non-hydrogen) atoms. The third-order valence-corrected chi connectivity index (χ3v) is 2.67. The van der Waals surface area contributed by atoms with E-state index < -0.39 is 0 Å². The molecule has 0 spiro atoms. The predicted octanol–water partition coefficient (Wildman–Crippen LogP) is 1.11. The van der Waals surface area contributed by atoms with Crippen molar-refractivity contribution in [3.8, 4) is 0 Å². The van der Waals surface area contributed by atoms with Crippen LogP contribution in [0.2, 0.25) is 0 Å². The van der Waals surface area contributed by atoms with Gasteiger partial charge >= 0.3 is 0 Å². The van der Waals surface area contributed by atoms with Gasteiger partial charge in [-0.05, 0) is 18.1 Å². The molecule has 0 aliphatic heterocycles. The second kappa shape index (κ2) is 4.49. The van der Waals surface area contributed by atoms with E-state index >= 15 is 0 Å². The third kappa shape index (κ3) is 2.14. The fourth-order valence-electron chi connectivity index (χ4n) is 1.60. The van der Waals surface area contributed by atoms with Crippen molar-refractivity contribution in [3.05, 3.63) is 36.2 Å². The van der Waals surface area contributed by atoms with Crippen LogP contribution in [0, 0.1) is 0 Å². The van der Waals surface area contributed by atoms with E-state index in [0.717, 1.165) is 17.8 Å². The van der Waals surface area contributed by atoms with Crippen molar-refractivity contribution in [1.29, 1.82) is 0 Å². The minimum Gasteiger partial charge on any atom is -0.388 e. The number of hydrogen-bond acceptors (Lipinski definition) is 3. The number of aryl methyl sites for hydroxylation is 1. The van der Waals surface area contributed by atoms with Crippen LogP contribution < -0.4 is 0 Å². The van der Waals surface area contributed by atoms with Crippen LogP contribution in [0.5, 0.6) is 0 Å². The van der Waals surface area contributed by atoms with Gasteiger partial charge in [0, 0.05) is 19.4 Å². The molecule has 0 aliphatic rings. The molecule has 0 saturated heterocycles. The van der Waals surface area contributed by atoms with Crippen LogP contribution in [0.25, 0.3) is 0 Å². The minimum absolute atomic E-state index is 0.374. The largest absolute Gasteiger partial charge is 0.388 e. The van der Waals surface area contributed by atoms with E-state index in [9.17, 15) is 5.11 Å². The summed E-state index contributed by atoms with van der Waals surface area (Å²) in [7, 11) is 1.92. The zero-order chi connectivity index (χ0) is 11.5. The summed E-state index contributed by atoms with van der Waals surface area (Å²) < 4.78 is 3.88. The second-order valence-electron chi connectivity index (χ2n) is 3.90. The molecule has 0 radical (unpaired) electrons. The number of rotatable bonds is 4. The Kier molecular flexibility index (Phi) is 3.05. The maximum absolute atomic E-state index is 9.68. The van der Waals surface area contributed by atoms with Gasteiger partial charge in [0.1, 0.15) is 6.33 Å². The Balaban J connectivity index is 2.11. The molecule has 2 aromatic rings. The standard InChI is InChI=1S/C11H16N4O/c1-3-10(16)9-4-5-15(6-9)7-11-13-12-8-14(11)2/h4-6,8,10,16H,3,7H2,1-2H3. The summed E-state index contributed by atoms with van der Waals surface area (Å²) in [4.78, 5) is 0. The van der Waals surface area contributed by atoms with E-state index in [0.29, 0.717) is 6.54 Å². The van der Waals surface area contributed by atoms with E-state index in [4.69, 9.17) is 0 Å². The lowest BCUT2D eigenvalue weighted by Crippen LogP contribution is -2.04. The third-order valence-electron chi connectivity index (χ3n) is 2.67. The quantitative estimate of drug-likeness (QED) is 0.839. The summed E-state index contributed by atoms with van der Waals surface area (Å²) in [6.07, 6.45) is 5.93. The number of aliphatic hydroxyl groups is 1. The first-order valence-corrected chi connectivity index (χ1v) is 5.37. The lowest BCUT2D eigenvalue weighted by Gasteiger charge is -2.04. The van der Waals surface area contributed by atoms with Gasteiger partial charge in [-0.1, -0.05) is 6.92 Å². The lowest BCUT2D eigenvalue weighted by molar-refractivity contribution is 0.173. The van der Waals surface area contributed by atoms with Crippen LogP contribution in [0.3, 0.4) is 0 Å². The number of nitrogens with zero attached hydrogens (tertiary/aromatic N) is 4. The van der Waals surface area contributed by atoms with Crippen LogP contribution in [0.4, 0.5) is 0 Å². The summed E-state index contributed by atoms with van der Waals surface area (Å²) in [5.41, 5.74) is 0.949. The van der Waals surface area contributed by atoms with Crippen molar-refractivity contribution >= 4 is 0 Å². The van der Waals surface area contributed by atoms with Crippen LogP contribution in [-0.4, -0.2) is 24.4 Å². The van der Waals surface area contributed by atoms with Crippen molar-refractivity contribution in [3.63, 3.8) is 0 Å². The average Bonchev–Trinajstić information content (AvgIpc) is 2.89. The van der Waals surface area contributed by atoms with Gasteiger partial charge < -0.3 is 14.2 Å². The average molecular weight is 220 g/mol. The van der Waals surface area contributed by atoms with Crippen molar-refractivity contribution < 1.29 is 5.11 Å². The Hall–Kier alpha value is -1.62. The van der Waals surface area contributed by atoms with Crippen molar-refractivity contribution in [2.75, 3.05) is 0 Å². The first-order valence-electron chi connectivity index (χ1n) is 5.37. The summed E-state index contributed by atoms with van der Waals surface area (Å²) in [6.45, 7) is 2.64. The molecule has 0 aliphatic carbocycles. The summed E-state index contributed by atoms with van der Waals surface area (Å²) in [6, 6.07) is 1.94. The monoisotopic (exact) mass is 220 g/mol. The number of hydrogen-bond donors (Lipinski definition) is 1. The van der Waals surface area contributed by atoms with E-state index in [1.165, 1.54) is 0 Å². The molecular weight excluding hydrogens is 204 g/mol. The molecule has 0 fully saturated rings. The maximum atomic E-state index is 9.68. The van der Waals surface area contributed by atoms with Crippen LogP contribution >= 0.6 is 0 Å². The number of aromatic nitrogens is 4. The molecular formula is C11H16N4O. The smallest absolute Gasteiger partial charge is 0.152 e. The van der Waals surface area contributed by atoms with E-state index in [2.05, 4.69) is 10.2 Å². The lowest BCUT2D eigenvalue weighted by atomic mass is 10.1. The van der Waals surface area contributed by atoms with E-state index in [1.807, 2.05) is 41.6 Å². The fraction of sp³-hybridized carbons (Fsp3) is 0.455. The van der Waals surface area contributed by atoms with Gasteiger partial charge in [0.05, 0.1) is 12.6 Å². The summed E-state index contributed by atoms with van der Waals surface area (Å²) in [5.74, 6) is 0.896. The van der Waals surface area contributed by atoms with Crippen molar-refractivity contribution in [1.82, 2.24) is 19.3 Å². The van der Waals surface area contributed by atoms with Gasteiger partial charge in [-0.15, -0.1) is 10.2 Å². The molecule has 1 N–H and O–H groups in total. The van der Waals surface area contributed by atoms with Crippen LogP contribution in [0.1, 0.15) is 30.8 Å². The van der Waals surface area contributed by atoms with Gasteiger partial charge in [-0.25, -0.2) is 0 Å². The normalized spacial score (nSPS) is 12.9. The number of aliphatic hydroxyl groups excluding tert-OH is 1. The molecule has 5 nitrogen and oxygen atoms in total. The van der Waals surface area contributed by atoms with Crippen molar-refractivity contribution in [2.24, 2.45) is 7.05 Å². The first-order chi connectivity index (χ1) is 7.70. The molecule has 2 rings (SSSR count). The van der Waals surface area contributed by atoms with E-state index in [-0.39, 0.29) is 6.10 Å². The highest BCUT2D eigenvalue weighted by Crippen LogP contribution is 2.16. The summed E-state index contributed by atoms with van der Waals surface area (Å²) >= 11 is 0. The van der Waals surface area contributed by atoms with Gasteiger partial charge in [-0.3, -0.25) is 0 Å². The Morgan fingerprint density at radius 2 is 2.31 bits per heavy atom. The summed E-state index contributed by atoms with van der Waals surface area (Å²) in [5, 5.41) is 17.5. The van der Waals surface area contributed by atoms with Gasteiger partial charge in [-0.2, -0.15) is 0 Å². The highest BCUT2D eigenvalue weighted by molar-refractivity contribution is 5.14. The maximum Gasteiger partial charge on any atom is 0.152 e. The van der Waals surface area contributed by atoms with E-state index in [1.54, 1.807) is 6.33 Å². The topological polar surface area (TPSA) is 55.9 Å². The Morgan fingerprint density at radius 3 is 2.94 bits per heavy atom. The van der Waals surface area contributed by atoms with Crippen LogP contribution in [0.15, 0.2) is 24.8 Å². The van der Waals surface area contributed by atoms with Crippen LogP contribution in [-0.2, 0) is 13.6 Å². The SMILES string of the molecule is CCC(O)c1ccn(Cc2nncn2C)c1. The van der Waals surface area contributed by atoms with Crippen molar-refractivity contribution in [2.45, 2.75) is 26.0 Å². The van der Waals surface area contributed by atoms with Gasteiger partial charge in [0.2, 0.25) is 0 Å². The highest BCUT2D eigenvalue weighted by Gasteiger charge is 2.07. The molecule has 0 aromatic carbocycles. The highest BCUT2D eigenvalue weighted by atomic mass is 16.3. The molecule has 0 saturated carbocycles. The molecule has 1 unspecified atom stereocenters. The molecule has 1 atom stereocenters. The molecule has 86 valence electrons. The zero-order valence-corrected chi connectivity index (χ0v) is 9.54. The second-order valence-corrected chi connectivity index (χ2v) is 3.90. The zero-order valence-electron chi connectivity index (χ0n) is 9.54. The Bertz CT molecular complexity index is 460. The molecule has 0 bridgehead atoms. The molecule has 5 heteroatoms. The van der Waals surface area contributed by atoms with Gasteiger partial charge in [0.15, 0.2) is 5.82 Å². The first kappa shape index (κ1) is 10.9. The Labute approximate surface area is 94.4 Å².